The van der Waals surface area contributed by atoms with E-state index in [0.717, 1.165) is 15.9 Å². The van der Waals surface area contributed by atoms with Crippen LogP contribution in [0, 0.1) is 0 Å². The van der Waals surface area contributed by atoms with Crippen LogP contribution in [0.3, 0.4) is 0 Å². The van der Waals surface area contributed by atoms with E-state index < -0.39 is 12.3 Å². The van der Waals surface area contributed by atoms with E-state index in [-0.39, 0.29) is 24.8 Å². The number of carbonyl (C=O) groups is 1. The van der Waals surface area contributed by atoms with Crippen molar-refractivity contribution in [1.82, 2.24) is 24.8 Å². The number of fused-ring (bicyclic) bond motifs is 2. The third kappa shape index (κ3) is 3.81. The molecule has 10 heteroatoms. The molecule has 2 N–H and O–H groups in total. The summed E-state index contributed by atoms with van der Waals surface area (Å²) in [5.74, 6) is 0.336. The molecule has 0 aliphatic carbocycles. The van der Waals surface area contributed by atoms with Crippen LogP contribution in [0.25, 0.3) is 21.3 Å². The maximum absolute atomic E-state index is 14.6. The van der Waals surface area contributed by atoms with E-state index in [2.05, 4.69) is 31.8 Å². The maximum atomic E-state index is 14.6. The van der Waals surface area contributed by atoms with Crippen molar-refractivity contribution in [3.05, 3.63) is 48.6 Å². The van der Waals surface area contributed by atoms with E-state index in [9.17, 15) is 9.18 Å². The van der Waals surface area contributed by atoms with Gasteiger partial charge >= 0.3 is 0 Å². The molecule has 1 aromatic carbocycles. The van der Waals surface area contributed by atoms with Gasteiger partial charge in [0, 0.05) is 18.4 Å². The lowest BCUT2D eigenvalue weighted by molar-refractivity contribution is -0.130. The first-order valence-corrected chi connectivity index (χ1v) is 10.7. The third-order valence-corrected chi connectivity index (χ3v) is 5.99. The van der Waals surface area contributed by atoms with Crippen molar-refractivity contribution in [2.75, 3.05) is 18.4 Å². The largest absolute Gasteiger partial charge is 0.469 e. The Labute approximate surface area is 180 Å². The molecule has 1 aliphatic rings. The molecule has 158 valence electrons. The number of hydrogen-bond donors (Lipinski definition) is 2. The van der Waals surface area contributed by atoms with Crippen molar-refractivity contribution >= 4 is 50.1 Å². The monoisotopic (exact) mass is 438 g/mol. The predicted molar refractivity (Wildman–Crippen MR) is 117 cm³/mol. The van der Waals surface area contributed by atoms with Gasteiger partial charge in [0.05, 0.1) is 27.7 Å². The topological polar surface area (TPSA) is 96.0 Å². The summed E-state index contributed by atoms with van der Waals surface area (Å²) >= 11 is 1.54. The number of anilines is 2. The van der Waals surface area contributed by atoms with Crippen molar-refractivity contribution in [2.24, 2.45) is 0 Å². The summed E-state index contributed by atoms with van der Waals surface area (Å²) in [6, 6.07) is 7.55. The van der Waals surface area contributed by atoms with Gasteiger partial charge in [-0.2, -0.15) is 9.97 Å². The Morgan fingerprint density at radius 3 is 3.16 bits per heavy atom. The summed E-state index contributed by atoms with van der Waals surface area (Å²) in [5.41, 5.74) is 4.08. The summed E-state index contributed by atoms with van der Waals surface area (Å²) in [6.45, 7) is 3.97. The van der Waals surface area contributed by atoms with Crippen molar-refractivity contribution in [3.8, 4) is 5.88 Å². The van der Waals surface area contributed by atoms with Crippen molar-refractivity contribution < 1.29 is 13.9 Å². The predicted octanol–water partition coefficient (Wildman–Crippen LogP) is 3.82. The number of halogens is 1. The number of rotatable bonds is 5. The lowest BCUT2D eigenvalue weighted by atomic mass is 10.1. The first-order valence-electron chi connectivity index (χ1n) is 9.78. The summed E-state index contributed by atoms with van der Waals surface area (Å²) in [7, 11) is 0. The molecular formula is C21H19FN6O2S. The highest BCUT2D eigenvalue weighted by atomic mass is 32.1. The SMILES string of the molecule is C=CC(=O)N1CC[C@H](F)[C@H](Oc2nc(Nc3ccc4ncsc4c3)nc3[nH]ccc23)C1. The molecule has 1 fully saturated rings. The maximum Gasteiger partial charge on any atom is 0.246 e. The highest BCUT2D eigenvalue weighted by Gasteiger charge is 2.33. The fourth-order valence-corrected chi connectivity index (χ4v) is 4.31. The van der Waals surface area contributed by atoms with E-state index in [1.807, 2.05) is 18.2 Å². The first kappa shape index (κ1) is 19.4. The molecule has 0 saturated carbocycles. The second kappa shape index (κ2) is 7.95. The molecule has 5 rings (SSSR count). The number of nitrogens with zero attached hydrogens (tertiary/aromatic N) is 4. The van der Waals surface area contributed by atoms with E-state index in [1.165, 1.54) is 11.0 Å². The molecular weight excluding hydrogens is 419 g/mol. The minimum absolute atomic E-state index is 0.132. The highest BCUT2D eigenvalue weighted by molar-refractivity contribution is 7.16. The van der Waals surface area contributed by atoms with Gasteiger partial charge in [-0.15, -0.1) is 11.3 Å². The first-order chi connectivity index (χ1) is 15.1. The zero-order valence-corrected chi connectivity index (χ0v) is 17.2. The van der Waals surface area contributed by atoms with Crippen LogP contribution in [0.1, 0.15) is 6.42 Å². The lowest BCUT2D eigenvalue weighted by Gasteiger charge is -2.34. The Kier molecular flexibility index (Phi) is 4.99. The number of aromatic amines is 1. The van der Waals surface area contributed by atoms with Crippen LogP contribution in [0.4, 0.5) is 16.0 Å². The van der Waals surface area contributed by atoms with Gasteiger partial charge in [0.1, 0.15) is 17.9 Å². The summed E-state index contributed by atoms with van der Waals surface area (Å²) in [4.78, 5) is 29.8. The number of hydrogen-bond acceptors (Lipinski definition) is 7. The second-order valence-electron chi connectivity index (χ2n) is 7.20. The molecule has 1 saturated heterocycles. The Morgan fingerprint density at radius 2 is 2.29 bits per heavy atom. The standard InChI is InChI=1S/C21H19FN6O2S/c1-2-18(29)28-8-6-14(22)16(10-28)30-20-13-5-7-23-19(13)26-21(27-20)25-12-3-4-15-17(9-12)31-11-24-15/h2-5,7,9,11,14,16H,1,6,8,10H2,(H2,23,25,26,27)/t14-,16+/m0/s1. The van der Waals surface area contributed by atoms with Crippen molar-refractivity contribution in [1.29, 1.82) is 0 Å². The fraction of sp³-hybridized carbons (Fsp3) is 0.238. The normalized spacial score (nSPS) is 18.9. The molecule has 31 heavy (non-hydrogen) atoms. The molecule has 0 spiro atoms. The Morgan fingerprint density at radius 1 is 1.39 bits per heavy atom. The summed E-state index contributed by atoms with van der Waals surface area (Å²) in [6.07, 6.45) is 1.12. The van der Waals surface area contributed by atoms with Gasteiger partial charge in [-0.3, -0.25) is 4.79 Å². The van der Waals surface area contributed by atoms with Gasteiger partial charge in [-0.1, -0.05) is 6.58 Å². The van der Waals surface area contributed by atoms with Crippen LogP contribution < -0.4 is 10.1 Å². The zero-order chi connectivity index (χ0) is 21.4. The molecule has 2 atom stereocenters. The van der Waals surface area contributed by atoms with E-state index in [0.29, 0.717) is 23.5 Å². The third-order valence-electron chi connectivity index (χ3n) is 5.20. The number of H-pyrrole nitrogens is 1. The van der Waals surface area contributed by atoms with Gasteiger partial charge < -0.3 is 19.9 Å². The molecule has 0 radical (unpaired) electrons. The quantitative estimate of drug-likeness (QED) is 0.460. The number of aromatic nitrogens is 4. The summed E-state index contributed by atoms with van der Waals surface area (Å²) < 4.78 is 21.6. The molecule has 0 bridgehead atoms. The van der Waals surface area contributed by atoms with Crippen molar-refractivity contribution in [2.45, 2.75) is 18.7 Å². The Hall–Kier alpha value is -3.53. The number of nitrogens with one attached hydrogen (secondary N) is 2. The van der Waals surface area contributed by atoms with E-state index in [4.69, 9.17) is 4.74 Å². The highest BCUT2D eigenvalue weighted by Crippen LogP contribution is 2.29. The van der Waals surface area contributed by atoms with Crippen LogP contribution in [0.15, 0.2) is 48.6 Å². The lowest BCUT2D eigenvalue weighted by Crippen LogP contribution is -2.49. The molecule has 4 heterocycles. The number of benzene rings is 1. The van der Waals surface area contributed by atoms with Crippen LogP contribution in [0.2, 0.25) is 0 Å². The molecule has 3 aromatic heterocycles. The summed E-state index contributed by atoms with van der Waals surface area (Å²) in [5, 5.41) is 3.82. The Balaban J connectivity index is 1.43. The fourth-order valence-electron chi connectivity index (χ4n) is 3.59. The number of thiazole rings is 1. The van der Waals surface area contributed by atoms with Crippen LogP contribution in [0.5, 0.6) is 5.88 Å². The number of alkyl halides is 1. The molecule has 8 nitrogen and oxygen atoms in total. The Bertz CT molecular complexity index is 1270. The molecule has 1 aliphatic heterocycles. The minimum atomic E-state index is -1.21. The van der Waals surface area contributed by atoms with Gasteiger partial charge in [0.2, 0.25) is 17.7 Å². The number of likely N-dealkylation sites (tertiary alicyclic amines) is 1. The second-order valence-corrected chi connectivity index (χ2v) is 8.09. The molecule has 0 unspecified atom stereocenters. The number of amides is 1. The van der Waals surface area contributed by atoms with Gasteiger partial charge in [0.15, 0.2) is 0 Å². The number of carbonyl (C=O) groups excluding carboxylic acids is 1. The zero-order valence-electron chi connectivity index (χ0n) is 16.4. The van der Waals surface area contributed by atoms with Crippen LogP contribution in [-0.2, 0) is 4.79 Å². The van der Waals surface area contributed by atoms with E-state index in [1.54, 1.807) is 29.1 Å². The van der Waals surface area contributed by atoms with Gasteiger partial charge in [0.25, 0.3) is 0 Å². The average Bonchev–Trinajstić information content (AvgIpc) is 3.43. The van der Waals surface area contributed by atoms with Crippen molar-refractivity contribution in [3.63, 3.8) is 0 Å². The smallest absolute Gasteiger partial charge is 0.246 e. The van der Waals surface area contributed by atoms with Crippen LogP contribution in [-0.4, -0.2) is 56.1 Å². The van der Waals surface area contributed by atoms with Gasteiger partial charge in [-0.05, 0) is 36.8 Å². The number of piperidine rings is 1. The average molecular weight is 438 g/mol. The molecule has 4 aromatic rings. The van der Waals surface area contributed by atoms with Crippen LogP contribution >= 0.6 is 11.3 Å². The minimum Gasteiger partial charge on any atom is -0.469 e. The van der Waals surface area contributed by atoms with Gasteiger partial charge in [-0.25, -0.2) is 9.37 Å². The molecule has 1 amide bonds. The number of ether oxygens (including phenoxy) is 1. The van der Waals surface area contributed by atoms with E-state index >= 15 is 0 Å².